The van der Waals surface area contributed by atoms with E-state index in [0.717, 1.165) is 25.7 Å². The summed E-state index contributed by atoms with van der Waals surface area (Å²) >= 11 is 0. The van der Waals surface area contributed by atoms with Gasteiger partial charge in [-0.25, -0.2) is 0 Å². The molecule has 0 bridgehead atoms. The molecule has 4 saturated carbocycles. The summed E-state index contributed by atoms with van der Waals surface area (Å²) in [5.74, 6) is 0.859. The number of rotatable bonds is 5. The van der Waals surface area contributed by atoms with E-state index >= 15 is 0 Å². The van der Waals surface area contributed by atoms with Crippen LogP contribution in [0.5, 0.6) is 0 Å². The zero-order valence-electron chi connectivity index (χ0n) is 21.9. The number of ketones is 1. The molecule has 4 unspecified atom stereocenters. The molecule has 0 aromatic heterocycles. The fourth-order valence-electron chi connectivity index (χ4n) is 9.25. The molecule has 6 heteroatoms. The van der Waals surface area contributed by atoms with Gasteiger partial charge < -0.3 is 25.5 Å². The number of aliphatic hydroxyl groups excluding tert-OH is 5. The zero-order valence-corrected chi connectivity index (χ0v) is 21.9. The lowest BCUT2D eigenvalue weighted by Gasteiger charge is -2.62. The summed E-state index contributed by atoms with van der Waals surface area (Å²) in [5, 5.41) is 53.9. The van der Waals surface area contributed by atoms with Gasteiger partial charge in [-0.05, 0) is 78.9 Å². The molecule has 14 atom stereocenters. The molecule has 4 fully saturated rings. The Bertz CT molecular complexity index is 770. The van der Waals surface area contributed by atoms with Crippen LogP contribution in [0.2, 0.25) is 0 Å². The number of aliphatic hydroxyl groups is 5. The Morgan fingerprint density at radius 2 is 1.56 bits per heavy atom. The Labute approximate surface area is 205 Å². The molecule has 0 saturated heterocycles. The lowest BCUT2D eigenvalue weighted by atomic mass is 9.43. The fraction of sp³-hybridized carbons (Fsp3) is 0.964. The summed E-state index contributed by atoms with van der Waals surface area (Å²) in [6.45, 7) is 12.5. The van der Waals surface area contributed by atoms with E-state index in [1.165, 1.54) is 0 Å². The highest BCUT2D eigenvalue weighted by atomic mass is 16.4. The van der Waals surface area contributed by atoms with Gasteiger partial charge >= 0.3 is 0 Å². The Hall–Kier alpha value is -0.530. The predicted molar refractivity (Wildman–Crippen MR) is 130 cm³/mol. The lowest BCUT2D eigenvalue weighted by molar-refractivity contribution is -0.219. The van der Waals surface area contributed by atoms with E-state index < -0.39 is 41.9 Å². The van der Waals surface area contributed by atoms with Crippen LogP contribution >= 0.6 is 0 Å². The summed E-state index contributed by atoms with van der Waals surface area (Å²) in [6, 6.07) is 0. The molecule has 6 nitrogen and oxygen atoms in total. The molecule has 34 heavy (non-hydrogen) atoms. The maximum absolute atomic E-state index is 13.4. The van der Waals surface area contributed by atoms with Crippen molar-refractivity contribution >= 4 is 5.78 Å². The van der Waals surface area contributed by atoms with Gasteiger partial charge in [0.2, 0.25) is 0 Å². The largest absolute Gasteiger partial charge is 0.390 e. The van der Waals surface area contributed by atoms with E-state index in [-0.39, 0.29) is 53.1 Å². The molecular formula is C28H48O6. The van der Waals surface area contributed by atoms with Crippen LogP contribution in [0.1, 0.15) is 80.1 Å². The molecule has 0 aliphatic heterocycles. The Morgan fingerprint density at radius 3 is 2.18 bits per heavy atom. The van der Waals surface area contributed by atoms with Gasteiger partial charge in [0.25, 0.3) is 0 Å². The molecule has 4 aliphatic rings. The second-order valence-corrected chi connectivity index (χ2v) is 13.4. The third-order valence-corrected chi connectivity index (χ3v) is 11.8. The van der Waals surface area contributed by atoms with Crippen LogP contribution in [0.4, 0.5) is 0 Å². The maximum Gasteiger partial charge on any atom is 0.137 e. The maximum atomic E-state index is 13.4. The quantitative estimate of drug-likeness (QED) is 0.413. The molecule has 4 rings (SSSR count). The molecule has 0 aromatic carbocycles. The van der Waals surface area contributed by atoms with Gasteiger partial charge in [0.1, 0.15) is 11.9 Å². The minimum atomic E-state index is -1.21. The summed E-state index contributed by atoms with van der Waals surface area (Å²) < 4.78 is 0. The monoisotopic (exact) mass is 480 g/mol. The third-order valence-electron chi connectivity index (χ3n) is 11.8. The highest BCUT2D eigenvalue weighted by molar-refractivity contribution is 5.83. The van der Waals surface area contributed by atoms with E-state index in [2.05, 4.69) is 27.7 Å². The topological polar surface area (TPSA) is 118 Å². The molecule has 196 valence electrons. The van der Waals surface area contributed by atoms with E-state index in [1.54, 1.807) is 0 Å². The van der Waals surface area contributed by atoms with Crippen LogP contribution in [0, 0.1) is 58.2 Å². The van der Waals surface area contributed by atoms with Crippen molar-refractivity contribution in [2.24, 2.45) is 58.2 Å². The Balaban J connectivity index is 1.58. The number of hydrogen-bond acceptors (Lipinski definition) is 6. The predicted octanol–water partition coefficient (Wildman–Crippen LogP) is 2.78. The van der Waals surface area contributed by atoms with Crippen molar-refractivity contribution in [3.05, 3.63) is 0 Å². The average Bonchev–Trinajstić information content (AvgIpc) is 3.14. The molecule has 0 radical (unpaired) electrons. The van der Waals surface area contributed by atoms with Crippen molar-refractivity contribution in [1.82, 2.24) is 0 Å². The smallest absolute Gasteiger partial charge is 0.137 e. The summed E-state index contributed by atoms with van der Waals surface area (Å²) in [4.78, 5) is 13.4. The first-order valence-electron chi connectivity index (χ1n) is 13.7. The van der Waals surface area contributed by atoms with Gasteiger partial charge in [0, 0.05) is 17.8 Å². The molecular weight excluding hydrogens is 432 g/mol. The molecule has 4 aliphatic carbocycles. The second kappa shape index (κ2) is 9.09. The van der Waals surface area contributed by atoms with Crippen molar-refractivity contribution in [1.29, 1.82) is 0 Å². The van der Waals surface area contributed by atoms with Crippen LogP contribution in [0.25, 0.3) is 0 Å². The van der Waals surface area contributed by atoms with Crippen molar-refractivity contribution in [3.8, 4) is 0 Å². The summed E-state index contributed by atoms with van der Waals surface area (Å²) in [6.07, 6.45) is -0.384. The summed E-state index contributed by atoms with van der Waals surface area (Å²) in [5.41, 5.74) is -0.740. The van der Waals surface area contributed by atoms with Crippen molar-refractivity contribution < 1.29 is 30.3 Å². The Kier molecular flexibility index (Phi) is 7.09. The van der Waals surface area contributed by atoms with Crippen molar-refractivity contribution in [2.75, 3.05) is 0 Å². The van der Waals surface area contributed by atoms with Crippen LogP contribution < -0.4 is 0 Å². The van der Waals surface area contributed by atoms with E-state index in [1.807, 2.05) is 13.8 Å². The third kappa shape index (κ3) is 3.73. The lowest BCUT2D eigenvalue weighted by Crippen LogP contribution is -2.66. The molecule has 5 N–H and O–H groups in total. The highest BCUT2D eigenvalue weighted by Crippen LogP contribution is 2.67. The number of Topliss-reactive ketones (excluding diaryl/α,β-unsaturated/α-hetero) is 1. The molecule has 0 aromatic rings. The molecule has 0 heterocycles. The molecule has 0 spiro atoms. The summed E-state index contributed by atoms with van der Waals surface area (Å²) in [7, 11) is 0. The highest BCUT2D eigenvalue weighted by Gasteiger charge is 2.66. The van der Waals surface area contributed by atoms with Gasteiger partial charge in [-0.2, -0.15) is 0 Å². The number of carbonyl (C=O) groups is 1. The second-order valence-electron chi connectivity index (χ2n) is 13.4. The van der Waals surface area contributed by atoms with Crippen LogP contribution in [0.15, 0.2) is 0 Å². The van der Waals surface area contributed by atoms with Gasteiger partial charge in [-0.3, -0.25) is 4.79 Å². The minimum Gasteiger partial charge on any atom is -0.390 e. The average molecular weight is 481 g/mol. The number of carbonyl (C=O) groups excluding carboxylic acids is 1. The zero-order chi connectivity index (χ0) is 25.3. The van der Waals surface area contributed by atoms with E-state index in [0.29, 0.717) is 12.3 Å². The van der Waals surface area contributed by atoms with Crippen molar-refractivity contribution in [3.63, 3.8) is 0 Å². The number of fused-ring (bicyclic) bond motifs is 5. The SMILES string of the molecule is CC(C)[C@H](C)[C@@H](O)[C@H](O)[C@@H](C)[C@H]1CCC2C3CC(=O)C4C[C@H](O)[C@H](O)[C@@H](O)[C@]4(C)C3CC[C@@]21C. The standard InChI is InChI=1S/C28H48O6/c1-13(2)14(3)23(31)24(32)15(4)17-7-8-18-16-11-21(29)20-12-22(30)25(33)26(34)28(20,6)19(16)9-10-27(17,18)5/h13-20,22-26,30-34H,7-12H2,1-6H3/t14-,15-,16?,17+,18?,19?,20?,22-,23+,24+,25-,26+,27+,28+/m0/s1. The minimum absolute atomic E-state index is 0.0145. The van der Waals surface area contributed by atoms with Gasteiger partial charge in [-0.15, -0.1) is 0 Å². The van der Waals surface area contributed by atoms with E-state index in [9.17, 15) is 30.3 Å². The fourth-order valence-corrected chi connectivity index (χ4v) is 9.25. The first-order valence-corrected chi connectivity index (χ1v) is 13.7. The first kappa shape index (κ1) is 26.5. The van der Waals surface area contributed by atoms with Crippen LogP contribution in [-0.4, -0.2) is 61.8 Å². The normalized spacial score (nSPS) is 50.2. The van der Waals surface area contributed by atoms with Gasteiger partial charge in [0.15, 0.2) is 0 Å². The van der Waals surface area contributed by atoms with Gasteiger partial charge in [0.05, 0.1) is 24.4 Å². The van der Waals surface area contributed by atoms with E-state index in [4.69, 9.17) is 0 Å². The van der Waals surface area contributed by atoms with Crippen molar-refractivity contribution in [2.45, 2.75) is 111 Å². The van der Waals surface area contributed by atoms with Crippen LogP contribution in [-0.2, 0) is 4.79 Å². The number of hydrogen-bond donors (Lipinski definition) is 5. The van der Waals surface area contributed by atoms with Crippen LogP contribution in [0.3, 0.4) is 0 Å². The van der Waals surface area contributed by atoms with Gasteiger partial charge in [-0.1, -0.05) is 41.5 Å². The first-order chi connectivity index (χ1) is 15.8. The molecule has 0 amide bonds. The Morgan fingerprint density at radius 1 is 0.912 bits per heavy atom.